The Morgan fingerprint density at radius 1 is 1.17 bits per heavy atom. The fraction of sp³-hybridized carbons (Fsp3) is 0.190. The van der Waals surface area contributed by atoms with Crippen LogP contribution < -0.4 is 14.8 Å². The van der Waals surface area contributed by atoms with Gasteiger partial charge in [-0.05, 0) is 36.8 Å². The van der Waals surface area contributed by atoms with Crippen molar-refractivity contribution in [3.05, 3.63) is 63.6 Å². The van der Waals surface area contributed by atoms with Crippen molar-refractivity contribution in [2.75, 3.05) is 13.4 Å². The summed E-state index contributed by atoms with van der Waals surface area (Å²) in [4.78, 5) is 29.2. The zero-order chi connectivity index (χ0) is 21.1. The van der Waals surface area contributed by atoms with E-state index in [1.807, 2.05) is 18.2 Å². The second-order valence-corrected chi connectivity index (χ2v) is 7.92. The molecule has 0 saturated carbocycles. The Labute approximate surface area is 181 Å². The number of amides is 1. The van der Waals surface area contributed by atoms with E-state index >= 15 is 0 Å². The second-order valence-electron chi connectivity index (χ2n) is 6.48. The quantitative estimate of drug-likeness (QED) is 0.579. The maximum atomic E-state index is 12.4. The van der Waals surface area contributed by atoms with Crippen LogP contribution in [0.2, 0.25) is 5.02 Å². The van der Waals surface area contributed by atoms with Crippen molar-refractivity contribution in [1.82, 2.24) is 10.3 Å². The van der Waals surface area contributed by atoms with Crippen molar-refractivity contribution in [2.24, 2.45) is 0 Å². The zero-order valence-corrected chi connectivity index (χ0v) is 17.5. The summed E-state index contributed by atoms with van der Waals surface area (Å²) in [7, 11) is 0. The molecule has 0 aliphatic carbocycles. The molecule has 9 heteroatoms. The Bertz CT molecular complexity index is 1100. The number of benzene rings is 2. The predicted molar refractivity (Wildman–Crippen MR) is 112 cm³/mol. The molecule has 30 heavy (non-hydrogen) atoms. The van der Waals surface area contributed by atoms with Crippen LogP contribution in [0, 0.1) is 6.92 Å². The van der Waals surface area contributed by atoms with Gasteiger partial charge in [0.05, 0.1) is 5.69 Å². The lowest BCUT2D eigenvalue weighted by molar-refractivity contribution is -0.124. The van der Waals surface area contributed by atoms with Crippen molar-refractivity contribution in [3.8, 4) is 22.1 Å². The van der Waals surface area contributed by atoms with Gasteiger partial charge < -0.3 is 19.5 Å². The molecule has 3 aromatic rings. The van der Waals surface area contributed by atoms with Gasteiger partial charge in [-0.15, -0.1) is 11.3 Å². The molecule has 0 unspecified atom stereocenters. The van der Waals surface area contributed by atoms with E-state index in [2.05, 4.69) is 10.3 Å². The Hall–Kier alpha value is -3.10. The molecule has 2 heterocycles. The number of aromatic nitrogens is 1. The lowest BCUT2D eigenvalue weighted by Crippen LogP contribution is -2.28. The molecule has 4 rings (SSSR count). The van der Waals surface area contributed by atoms with E-state index in [0.29, 0.717) is 32.1 Å². The van der Waals surface area contributed by atoms with Crippen LogP contribution in [-0.2, 0) is 16.1 Å². The van der Waals surface area contributed by atoms with Crippen LogP contribution in [0.4, 0.5) is 0 Å². The summed E-state index contributed by atoms with van der Waals surface area (Å²) in [5.41, 5.74) is 2.26. The van der Waals surface area contributed by atoms with E-state index in [1.54, 1.807) is 31.2 Å². The topological polar surface area (TPSA) is 86.8 Å². The molecule has 154 valence electrons. The molecule has 1 aliphatic rings. The van der Waals surface area contributed by atoms with Gasteiger partial charge >= 0.3 is 5.97 Å². The number of carbonyl (C=O) groups excluding carboxylic acids is 2. The van der Waals surface area contributed by atoms with Crippen molar-refractivity contribution in [2.45, 2.75) is 13.5 Å². The summed E-state index contributed by atoms with van der Waals surface area (Å²) in [6.07, 6.45) is 0. The molecule has 0 radical (unpaired) electrons. The van der Waals surface area contributed by atoms with E-state index in [9.17, 15) is 9.59 Å². The number of aryl methyl sites for hydroxylation is 1. The van der Waals surface area contributed by atoms with Crippen molar-refractivity contribution in [3.63, 3.8) is 0 Å². The summed E-state index contributed by atoms with van der Waals surface area (Å²) >= 11 is 7.12. The van der Waals surface area contributed by atoms with Crippen LogP contribution in [-0.4, -0.2) is 30.3 Å². The van der Waals surface area contributed by atoms with Gasteiger partial charge in [0.2, 0.25) is 6.79 Å². The first kappa shape index (κ1) is 20.2. The summed E-state index contributed by atoms with van der Waals surface area (Å²) in [5.74, 6) is 0.340. The van der Waals surface area contributed by atoms with Gasteiger partial charge in [-0.1, -0.05) is 29.8 Å². The molecule has 0 bridgehead atoms. The Morgan fingerprint density at radius 2 is 1.93 bits per heavy atom. The first-order valence-electron chi connectivity index (χ1n) is 9.05. The molecule has 1 amide bonds. The first-order valence-corrected chi connectivity index (χ1v) is 10.2. The fourth-order valence-corrected chi connectivity index (χ4v) is 3.89. The van der Waals surface area contributed by atoms with Gasteiger partial charge in [-0.2, -0.15) is 0 Å². The molecule has 1 aromatic heterocycles. The highest BCUT2D eigenvalue weighted by Gasteiger charge is 2.19. The fourth-order valence-electron chi connectivity index (χ4n) is 2.80. The van der Waals surface area contributed by atoms with Crippen LogP contribution in [0.5, 0.6) is 11.5 Å². The number of esters is 1. The minimum Gasteiger partial charge on any atom is -0.454 e. The summed E-state index contributed by atoms with van der Waals surface area (Å²) < 4.78 is 15.7. The van der Waals surface area contributed by atoms with E-state index in [0.717, 1.165) is 11.1 Å². The third-order valence-electron chi connectivity index (χ3n) is 4.33. The molecule has 0 fully saturated rings. The highest BCUT2D eigenvalue weighted by molar-refractivity contribution is 7.17. The maximum Gasteiger partial charge on any atom is 0.350 e. The van der Waals surface area contributed by atoms with Crippen LogP contribution >= 0.6 is 22.9 Å². The van der Waals surface area contributed by atoms with Crippen molar-refractivity contribution < 1.29 is 23.8 Å². The Balaban J connectivity index is 1.31. The van der Waals surface area contributed by atoms with Gasteiger partial charge in [0.15, 0.2) is 18.1 Å². The molecule has 1 N–H and O–H groups in total. The van der Waals surface area contributed by atoms with Gasteiger partial charge in [0.1, 0.15) is 9.88 Å². The lowest BCUT2D eigenvalue weighted by Gasteiger charge is -2.07. The molecule has 0 atom stereocenters. The summed E-state index contributed by atoms with van der Waals surface area (Å²) in [5, 5.41) is 4.02. The molecular weight excluding hydrogens is 428 g/mol. The predicted octanol–water partition coefficient (Wildman–Crippen LogP) is 3.97. The van der Waals surface area contributed by atoms with Gasteiger partial charge in [-0.3, -0.25) is 4.79 Å². The maximum absolute atomic E-state index is 12.4. The third kappa shape index (κ3) is 4.55. The van der Waals surface area contributed by atoms with E-state index in [1.165, 1.54) is 11.3 Å². The highest BCUT2D eigenvalue weighted by atomic mass is 35.5. The summed E-state index contributed by atoms with van der Waals surface area (Å²) in [6.45, 7) is 1.83. The lowest BCUT2D eigenvalue weighted by atomic mass is 10.2. The van der Waals surface area contributed by atoms with Crippen molar-refractivity contribution >= 4 is 34.8 Å². The van der Waals surface area contributed by atoms with Crippen LogP contribution in [0.15, 0.2) is 42.5 Å². The molecule has 1 aliphatic heterocycles. The van der Waals surface area contributed by atoms with E-state index < -0.39 is 11.9 Å². The number of hydrogen-bond acceptors (Lipinski definition) is 7. The van der Waals surface area contributed by atoms with Crippen molar-refractivity contribution in [1.29, 1.82) is 0 Å². The number of ether oxygens (including phenoxy) is 3. The Kier molecular flexibility index (Phi) is 5.87. The van der Waals surface area contributed by atoms with E-state index in [4.69, 9.17) is 25.8 Å². The monoisotopic (exact) mass is 444 g/mol. The molecule has 0 spiro atoms. The van der Waals surface area contributed by atoms with Crippen LogP contribution in [0.3, 0.4) is 0 Å². The smallest absolute Gasteiger partial charge is 0.350 e. The number of carbonyl (C=O) groups is 2. The zero-order valence-electron chi connectivity index (χ0n) is 15.9. The number of nitrogens with one attached hydrogen (secondary N) is 1. The minimum absolute atomic E-state index is 0.192. The molecule has 0 saturated heterocycles. The summed E-state index contributed by atoms with van der Waals surface area (Å²) in [6, 6.07) is 12.6. The van der Waals surface area contributed by atoms with Crippen LogP contribution in [0.25, 0.3) is 10.6 Å². The number of hydrogen-bond donors (Lipinski definition) is 1. The van der Waals surface area contributed by atoms with Gasteiger partial charge in [0.25, 0.3) is 5.91 Å². The largest absolute Gasteiger partial charge is 0.454 e. The molecular formula is C21H17ClN2O5S. The minimum atomic E-state index is -0.580. The average Bonchev–Trinajstić information content (AvgIpc) is 3.37. The number of nitrogens with zero attached hydrogens (tertiary/aromatic N) is 1. The standard InChI is InChI=1S/C21H17ClN2O5S/c1-12-19(30-20(24-12)14-3-5-15(22)6-4-14)21(26)27-10-18(25)23-9-13-2-7-16-17(8-13)29-11-28-16/h2-8H,9-11H2,1H3,(H,23,25). The Morgan fingerprint density at radius 3 is 2.73 bits per heavy atom. The SMILES string of the molecule is Cc1nc(-c2ccc(Cl)cc2)sc1C(=O)OCC(=O)NCc1ccc2c(c1)OCO2. The van der Waals surface area contributed by atoms with Crippen LogP contribution in [0.1, 0.15) is 20.9 Å². The third-order valence-corrected chi connectivity index (χ3v) is 5.77. The van der Waals surface area contributed by atoms with E-state index in [-0.39, 0.29) is 19.9 Å². The average molecular weight is 445 g/mol. The molecule has 2 aromatic carbocycles. The number of halogens is 1. The van der Waals surface area contributed by atoms with Gasteiger partial charge in [0, 0.05) is 17.1 Å². The first-order chi connectivity index (χ1) is 14.5. The second kappa shape index (κ2) is 8.73. The highest BCUT2D eigenvalue weighted by Crippen LogP contribution is 2.32. The number of thiazole rings is 1. The normalized spacial score (nSPS) is 11.9. The van der Waals surface area contributed by atoms with Gasteiger partial charge in [-0.25, -0.2) is 9.78 Å². The molecule has 7 nitrogen and oxygen atoms in total. The number of rotatable bonds is 6. The number of fused-ring (bicyclic) bond motifs is 1.